The van der Waals surface area contributed by atoms with Gasteiger partial charge in [-0.15, -0.1) is 0 Å². The second-order valence-electron chi connectivity index (χ2n) is 9.74. The maximum absolute atomic E-state index is 15.5. The number of carbonyl (C=O) groups excluding carboxylic acids is 1. The van der Waals surface area contributed by atoms with Crippen molar-refractivity contribution in [2.24, 2.45) is 0 Å². The van der Waals surface area contributed by atoms with Crippen LogP contribution in [-0.4, -0.2) is 35.8 Å². The Morgan fingerprint density at radius 3 is 2.68 bits per heavy atom. The largest absolute Gasteiger partial charge is 0.483 e. The van der Waals surface area contributed by atoms with E-state index in [1.165, 1.54) is 6.20 Å². The molecule has 1 saturated heterocycles. The number of piperidine rings is 1. The van der Waals surface area contributed by atoms with Gasteiger partial charge in [0.15, 0.2) is 11.6 Å². The first-order valence-corrected chi connectivity index (χ1v) is 12.7. The van der Waals surface area contributed by atoms with Crippen LogP contribution >= 0.6 is 0 Å². The lowest BCUT2D eigenvalue weighted by Crippen LogP contribution is -2.47. The average Bonchev–Trinajstić information content (AvgIpc) is 3.73. The molecule has 37 heavy (non-hydrogen) atoms. The van der Waals surface area contributed by atoms with Crippen molar-refractivity contribution in [2.75, 3.05) is 13.2 Å². The van der Waals surface area contributed by atoms with Crippen LogP contribution in [0.3, 0.4) is 0 Å². The van der Waals surface area contributed by atoms with Crippen molar-refractivity contribution in [2.45, 2.75) is 57.2 Å². The molecular formula is C29H30F2N2O4. The fourth-order valence-corrected chi connectivity index (χ4v) is 4.98. The van der Waals surface area contributed by atoms with Crippen LogP contribution in [0.4, 0.5) is 8.78 Å². The molecule has 0 bridgehead atoms. The van der Waals surface area contributed by atoms with Crippen molar-refractivity contribution < 1.29 is 23.0 Å². The summed E-state index contributed by atoms with van der Waals surface area (Å²) in [6.45, 7) is 6.56. The molecule has 1 aromatic heterocycles. The van der Waals surface area contributed by atoms with Gasteiger partial charge >= 0.3 is 5.97 Å². The van der Waals surface area contributed by atoms with Crippen LogP contribution in [0, 0.1) is 11.6 Å². The third kappa shape index (κ3) is 5.16. The molecule has 1 aliphatic heterocycles. The Morgan fingerprint density at radius 1 is 1.24 bits per heavy atom. The summed E-state index contributed by atoms with van der Waals surface area (Å²) in [7, 11) is 0. The molecule has 1 saturated carbocycles. The fourth-order valence-electron chi connectivity index (χ4n) is 4.98. The number of nitrogens with zero attached hydrogens (tertiary/aromatic N) is 1. The van der Waals surface area contributed by atoms with E-state index in [0.717, 1.165) is 36.5 Å². The summed E-state index contributed by atoms with van der Waals surface area (Å²) < 4.78 is 43.5. The number of hydrogen-bond acceptors (Lipinski definition) is 5. The molecule has 194 valence electrons. The summed E-state index contributed by atoms with van der Waals surface area (Å²) in [6, 6.07) is 10.3. The van der Waals surface area contributed by atoms with E-state index in [1.807, 2.05) is 30.3 Å². The maximum atomic E-state index is 15.5. The third-order valence-electron chi connectivity index (χ3n) is 6.99. The number of esters is 1. The van der Waals surface area contributed by atoms with Crippen molar-refractivity contribution in [3.05, 3.63) is 87.7 Å². The molecule has 2 fully saturated rings. The van der Waals surface area contributed by atoms with Crippen molar-refractivity contribution in [1.82, 2.24) is 9.88 Å². The van der Waals surface area contributed by atoms with E-state index in [1.54, 1.807) is 11.5 Å². The molecule has 1 aliphatic carbocycles. The molecule has 0 radical (unpaired) electrons. The fraction of sp³-hybridized carbons (Fsp3) is 0.379. The highest BCUT2D eigenvalue weighted by atomic mass is 19.2. The highest BCUT2D eigenvalue weighted by molar-refractivity contribution is 5.95. The van der Waals surface area contributed by atoms with E-state index in [-0.39, 0.29) is 40.9 Å². The summed E-state index contributed by atoms with van der Waals surface area (Å²) in [4.78, 5) is 25.8. The highest BCUT2D eigenvalue weighted by Gasteiger charge is 2.33. The predicted molar refractivity (Wildman–Crippen MR) is 137 cm³/mol. The first-order chi connectivity index (χ1) is 17.9. The number of carbonyl (C=O) groups is 1. The number of hydrogen-bond donors (Lipinski definition) is 1. The quantitative estimate of drug-likeness (QED) is 0.339. The molecule has 0 amide bonds. The molecule has 8 heteroatoms. The summed E-state index contributed by atoms with van der Waals surface area (Å²) in [5, 5.41) is 3.33. The van der Waals surface area contributed by atoms with Gasteiger partial charge in [0.1, 0.15) is 11.7 Å². The monoisotopic (exact) mass is 508 g/mol. The number of benzene rings is 2. The number of halogens is 2. The Kier molecular flexibility index (Phi) is 7.11. The van der Waals surface area contributed by atoms with Crippen molar-refractivity contribution >= 4 is 16.9 Å². The lowest BCUT2D eigenvalue weighted by Gasteiger charge is -2.33. The van der Waals surface area contributed by atoms with Gasteiger partial charge in [0.2, 0.25) is 11.2 Å². The maximum Gasteiger partial charge on any atom is 0.343 e. The van der Waals surface area contributed by atoms with E-state index in [2.05, 4.69) is 11.9 Å². The normalized spacial score (nSPS) is 18.6. The Morgan fingerprint density at radius 2 is 2.00 bits per heavy atom. The summed E-state index contributed by atoms with van der Waals surface area (Å²) in [6.07, 6.45) is 4.33. The van der Waals surface area contributed by atoms with Crippen LogP contribution in [0.2, 0.25) is 0 Å². The van der Waals surface area contributed by atoms with Crippen molar-refractivity contribution in [3.63, 3.8) is 0 Å². The molecule has 3 aromatic rings. The zero-order chi connectivity index (χ0) is 26.1. The SMILES string of the molecule is C=C1CCNC([C@H](Cc2ccccc2)Oc2c(F)c(F)cc3c(=O)c(C(=O)OCC)cn(C4CC4)c23)C1. The minimum atomic E-state index is -1.21. The van der Waals surface area contributed by atoms with Gasteiger partial charge in [-0.25, -0.2) is 9.18 Å². The summed E-state index contributed by atoms with van der Waals surface area (Å²) in [5.74, 6) is -3.46. The van der Waals surface area contributed by atoms with E-state index < -0.39 is 29.1 Å². The zero-order valence-corrected chi connectivity index (χ0v) is 20.8. The molecule has 2 aromatic carbocycles. The van der Waals surface area contributed by atoms with Crippen LogP contribution in [0.5, 0.6) is 5.75 Å². The summed E-state index contributed by atoms with van der Waals surface area (Å²) in [5.41, 5.74) is 1.29. The van der Waals surface area contributed by atoms with Crippen LogP contribution in [0.15, 0.2) is 59.5 Å². The first kappa shape index (κ1) is 25.1. The molecule has 2 atom stereocenters. The Bertz CT molecular complexity index is 1400. The molecule has 2 aliphatic rings. The second kappa shape index (κ2) is 10.5. The predicted octanol–water partition coefficient (Wildman–Crippen LogP) is 5.09. The molecule has 6 nitrogen and oxygen atoms in total. The Balaban J connectivity index is 1.65. The van der Waals surface area contributed by atoms with E-state index >= 15 is 4.39 Å². The molecule has 1 unspecified atom stereocenters. The minimum Gasteiger partial charge on any atom is -0.483 e. The molecule has 5 rings (SSSR count). The minimum absolute atomic E-state index is 0.0522. The first-order valence-electron chi connectivity index (χ1n) is 12.7. The van der Waals surface area contributed by atoms with Crippen molar-refractivity contribution in [1.29, 1.82) is 0 Å². The van der Waals surface area contributed by atoms with Gasteiger partial charge < -0.3 is 19.4 Å². The average molecular weight is 509 g/mol. The summed E-state index contributed by atoms with van der Waals surface area (Å²) >= 11 is 0. The number of nitrogens with one attached hydrogen (secondary N) is 1. The number of rotatable bonds is 8. The number of aromatic nitrogens is 1. The van der Waals surface area contributed by atoms with Gasteiger partial charge in [-0.2, -0.15) is 4.39 Å². The third-order valence-corrected chi connectivity index (χ3v) is 6.99. The number of fused-ring (bicyclic) bond motifs is 1. The van der Waals surface area contributed by atoms with Gasteiger partial charge in [0.25, 0.3) is 0 Å². The lowest BCUT2D eigenvalue weighted by molar-refractivity contribution is 0.0524. The lowest BCUT2D eigenvalue weighted by atomic mass is 9.92. The smallest absolute Gasteiger partial charge is 0.343 e. The molecule has 2 heterocycles. The van der Waals surface area contributed by atoms with Crippen LogP contribution in [0.25, 0.3) is 10.9 Å². The highest BCUT2D eigenvalue weighted by Crippen LogP contribution is 2.41. The number of ether oxygens (including phenoxy) is 2. The van der Waals surface area contributed by atoms with Crippen molar-refractivity contribution in [3.8, 4) is 5.75 Å². The van der Waals surface area contributed by atoms with E-state index in [4.69, 9.17) is 9.47 Å². The van der Waals surface area contributed by atoms with Crippen LogP contribution < -0.4 is 15.5 Å². The number of pyridine rings is 1. The molecule has 1 N–H and O–H groups in total. The topological polar surface area (TPSA) is 69.6 Å². The van der Waals surface area contributed by atoms with Gasteiger partial charge in [-0.05, 0) is 50.8 Å². The van der Waals surface area contributed by atoms with Gasteiger partial charge in [-0.3, -0.25) is 4.79 Å². The second-order valence-corrected chi connectivity index (χ2v) is 9.74. The van der Waals surface area contributed by atoms with Crippen LogP contribution in [-0.2, 0) is 11.2 Å². The van der Waals surface area contributed by atoms with E-state index in [0.29, 0.717) is 19.4 Å². The van der Waals surface area contributed by atoms with Gasteiger partial charge in [0.05, 0.1) is 17.5 Å². The van der Waals surface area contributed by atoms with Gasteiger partial charge in [-0.1, -0.05) is 42.5 Å². The Hall–Kier alpha value is -3.52. The zero-order valence-electron chi connectivity index (χ0n) is 20.8. The van der Waals surface area contributed by atoms with Gasteiger partial charge in [0, 0.05) is 24.7 Å². The Labute approximate surface area is 213 Å². The standard InChI is InChI=1S/C29H30F2N2O4/c1-3-36-29(35)21-16-33(19-9-10-19)26-20(27(21)34)15-22(30)25(31)28(26)37-24(14-18-7-5-4-6-8-18)23-13-17(2)11-12-32-23/h4-8,15-16,19,23-24,32H,2-3,9-14H2,1H3/t23?,24-/m0/s1. The van der Waals surface area contributed by atoms with E-state index in [9.17, 15) is 14.0 Å². The molecular weight excluding hydrogens is 478 g/mol. The molecule has 0 spiro atoms. The van der Waals surface area contributed by atoms with Crippen LogP contribution in [0.1, 0.15) is 54.6 Å².